The molecule has 0 radical (unpaired) electrons. The van der Waals surface area contributed by atoms with Crippen LogP contribution in [0, 0.1) is 13.8 Å². The molecule has 2 aromatic rings. The predicted octanol–water partition coefficient (Wildman–Crippen LogP) is 2.63. The van der Waals surface area contributed by atoms with Crippen molar-refractivity contribution in [2.24, 2.45) is 0 Å². The molecular weight excluding hydrogens is 368 g/mol. The number of carbonyl (C=O) groups is 1. The zero-order valence-corrected chi connectivity index (χ0v) is 16.6. The van der Waals surface area contributed by atoms with Gasteiger partial charge in [0.15, 0.2) is 0 Å². The van der Waals surface area contributed by atoms with Gasteiger partial charge in [-0.1, -0.05) is 17.7 Å². The van der Waals surface area contributed by atoms with E-state index in [1.807, 2.05) is 32.0 Å². The lowest BCUT2D eigenvalue weighted by Gasteiger charge is -2.13. The smallest absolute Gasteiger partial charge is 0.240 e. The molecule has 0 saturated heterocycles. The zero-order valence-electron chi connectivity index (χ0n) is 15.8. The van der Waals surface area contributed by atoms with Crippen molar-refractivity contribution in [3.05, 3.63) is 47.5 Å². The van der Waals surface area contributed by atoms with E-state index in [-0.39, 0.29) is 24.0 Å². The molecule has 0 fully saturated rings. The number of benzene rings is 2. The van der Waals surface area contributed by atoms with Crippen LogP contribution in [-0.2, 0) is 14.8 Å². The first-order valence-corrected chi connectivity index (χ1v) is 9.86. The molecule has 7 nitrogen and oxygen atoms in total. The third-order valence-corrected chi connectivity index (χ3v) is 5.23. The summed E-state index contributed by atoms with van der Waals surface area (Å²) in [6.07, 6.45) is 0. The highest BCUT2D eigenvalue weighted by Gasteiger charge is 2.17. The van der Waals surface area contributed by atoms with E-state index in [0.29, 0.717) is 11.4 Å². The molecule has 0 aromatic heterocycles. The van der Waals surface area contributed by atoms with Gasteiger partial charge in [0.25, 0.3) is 0 Å². The fourth-order valence-electron chi connectivity index (χ4n) is 2.52. The number of methoxy groups -OCH3 is 1. The molecule has 146 valence electrons. The molecule has 2 N–H and O–H groups in total. The Morgan fingerprint density at radius 1 is 1.07 bits per heavy atom. The highest BCUT2D eigenvalue weighted by atomic mass is 32.2. The largest absolute Gasteiger partial charge is 0.495 e. The monoisotopic (exact) mass is 392 g/mol. The van der Waals surface area contributed by atoms with Crippen LogP contribution >= 0.6 is 0 Å². The molecule has 0 saturated carbocycles. The fraction of sp³-hybridized carbons (Fsp3) is 0.316. The van der Waals surface area contributed by atoms with Crippen LogP contribution in [0.5, 0.6) is 11.5 Å². The fourth-order valence-corrected chi connectivity index (χ4v) is 3.56. The summed E-state index contributed by atoms with van der Waals surface area (Å²) in [5.41, 5.74) is 2.42. The van der Waals surface area contributed by atoms with Crippen molar-refractivity contribution in [3.8, 4) is 11.5 Å². The summed E-state index contributed by atoms with van der Waals surface area (Å²) in [6, 6.07) is 10.1. The number of amides is 1. The Balaban J connectivity index is 2.02. The van der Waals surface area contributed by atoms with Gasteiger partial charge in [0, 0.05) is 13.5 Å². The maximum absolute atomic E-state index is 12.5. The van der Waals surface area contributed by atoms with Crippen LogP contribution in [0.3, 0.4) is 0 Å². The summed E-state index contributed by atoms with van der Waals surface area (Å²) < 4.78 is 38.2. The summed E-state index contributed by atoms with van der Waals surface area (Å²) in [5.74, 6) is 0.775. The number of anilines is 1. The normalized spacial score (nSPS) is 11.1. The maximum atomic E-state index is 12.5. The van der Waals surface area contributed by atoms with E-state index in [1.165, 1.54) is 32.2 Å². The Morgan fingerprint density at radius 3 is 2.41 bits per heavy atom. The second-order valence-electron chi connectivity index (χ2n) is 6.06. The van der Waals surface area contributed by atoms with Crippen molar-refractivity contribution >= 4 is 21.6 Å². The lowest BCUT2D eigenvalue weighted by molar-refractivity contribution is -0.114. The van der Waals surface area contributed by atoms with Gasteiger partial charge in [-0.2, -0.15) is 0 Å². The molecule has 0 atom stereocenters. The minimum atomic E-state index is -3.75. The summed E-state index contributed by atoms with van der Waals surface area (Å²) in [6.45, 7) is 5.57. The molecular formula is C19H24N2O5S. The number of ether oxygens (including phenoxy) is 2. The van der Waals surface area contributed by atoms with Crippen LogP contribution in [0.15, 0.2) is 41.3 Å². The van der Waals surface area contributed by atoms with Crippen LogP contribution in [0.1, 0.15) is 18.1 Å². The predicted molar refractivity (Wildman–Crippen MR) is 104 cm³/mol. The molecule has 0 aliphatic carbocycles. The van der Waals surface area contributed by atoms with Gasteiger partial charge < -0.3 is 14.8 Å². The van der Waals surface area contributed by atoms with E-state index >= 15 is 0 Å². The van der Waals surface area contributed by atoms with Gasteiger partial charge in [-0.05, 0) is 43.7 Å². The van der Waals surface area contributed by atoms with E-state index in [1.54, 1.807) is 0 Å². The molecule has 0 heterocycles. The first-order chi connectivity index (χ1) is 12.7. The molecule has 0 aliphatic heterocycles. The number of sulfonamides is 1. The number of hydrogen-bond donors (Lipinski definition) is 2. The van der Waals surface area contributed by atoms with Gasteiger partial charge in [0.1, 0.15) is 18.1 Å². The Bertz CT molecular complexity index is 926. The van der Waals surface area contributed by atoms with E-state index in [4.69, 9.17) is 9.47 Å². The van der Waals surface area contributed by atoms with E-state index in [2.05, 4.69) is 10.0 Å². The van der Waals surface area contributed by atoms with E-state index in [0.717, 1.165) is 16.9 Å². The minimum Gasteiger partial charge on any atom is -0.495 e. The summed E-state index contributed by atoms with van der Waals surface area (Å²) in [4.78, 5) is 11.3. The molecule has 2 rings (SSSR count). The van der Waals surface area contributed by atoms with Crippen LogP contribution in [0.2, 0.25) is 0 Å². The highest BCUT2D eigenvalue weighted by molar-refractivity contribution is 7.89. The van der Waals surface area contributed by atoms with Crippen LogP contribution in [0.25, 0.3) is 0 Å². The first kappa shape index (κ1) is 20.7. The van der Waals surface area contributed by atoms with Gasteiger partial charge in [-0.25, -0.2) is 13.1 Å². The first-order valence-electron chi connectivity index (χ1n) is 8.38. The van der Waals surface area contributed by atoms with Gasteiger partial charge >= 0.3 is 0 Å². The number of aryl methyl sites for hydroxylation is 2. The topological polar surface area (TPSA) is 93.7 Å². The Hall–Kier alpha value is -2.58. The lowest BCUT2D eigenvalue weighted by atomic mass is 10.1. The molecule has 0 aliphatic rings. The van der Waals surface area contributed by atoms with Gasteiger partial charge in [0.2, 0.25) is 15.9 Å². The van der Waals surface area contributed by atoms with E-state index in [9.17, 15) is 13.2 Å². The van der Waals surface area contributed by atoms with Crippen LogP contribution in [0.4, 0.5) is 5.69 Å². The average molecular weight is 392 g/mol. The molecule has 27 heavy (non-hydrogen) atoms. The van der Waals surface area contributed by atoms with Crippen LogP contribution in [-0.4, -0.2) is 34.6 Å². The third-order valence-electron chi connectivity index (χ3n) is 3.77. The zero-order chi connectivity index (χ0) is 20.0. The van der Waals surface area contributed by atoms with Gasteiger partial charge in [-0.3, -0.25) is 4.79 Å². The van der Waals surface area contributed by atoms with Crippen LogP contribution < -0.4 is 19.5 Å². The quantitative estimate of drug-likeness (QED) is 0.674. The van der Waals surface area contributed by atoms with Crippen molar-refractivity contribution < 1.29 is 22.7 Å². The SMILES string of the molecule is COc1ccc(S(=O)(=O)NCCOc2ccc(C)cc2C)cc1NC(C)=O. The second-order valence-corrected chi connectivity index (χ2v) is 7.83. The lowest BCUT2D eigenvalue weighted by Crippen LogP contribution is -2.28. The molecule has 1 amide bonds. The minimum absolute atomic E-state index is 0.0265. The second kappa shape index (κ2) is 8.88. The summed E-state index contributed by atoms with van der Waals surface area (Å²) in [7, 11) is -2.31. The highest BCUT2D eigenvalue weighted by Crippen LogP contribution is 2.27. The van der Waals surface area contributed by atoms with Crippen molar-refractivity contribution in [1.29, 1.82) is 0 Å². The maximum Gasteiger partial charge on any atom is 0.240 e. The Morgan fingerprint density at radius 2 is 1.78 bits per heavy atom. The molecule has 8 heteroatoms. The van der Waals surface area contributed by atoms with Gasteiger partial charge in [-0.15, -0.1) is 0 Å². The van der Waals surface area contributed by atoms with Gasteiger partial charge in [0.05, 0.1) is 17.7 Å². The van der Waals surface area contributed by atoms with Crippen molar-refractivity contribution in [2.45, 2.75) is 25.7 Å². The summed E-state index contributed by atoms with van der Waals surface area (Å²) >= 11 is 0. The number of hydrogen-bond acceptors (Lipinski definition) is 5. The Labute approximate surface area is 159 Å². The number of carbonyl (C=O) groups excluding carboxylic acids is 1. The summed E-state index contributed by atoms with van der Waals surface area (Å²) in [5, 5.41) is 2.56. The number of rotatable bonds is 8. The number of nitrogens with one attached hydrogen (secondary N) is 2. The molecule has 0 spiro atoms. The molecule has 0 bridgehead atoms. The van der Waals surface area contributed by atoms with E-state index < -0.39 is 10.0 Å². The van der Waals surface area contributed by atoms with Crippen molar-refractivity contribution in [2.75, 3.05) is 25.6 Å². The Kier molecular flexibility index (Phi) is 6.81. The standard InChI is InChI=1S/C19H24N2O5S/c1-13-5-7-18(14(2)11-13)26-10-9-20-27(23,24)16-6-8-19(25-4)17(12-16)21-15(3)22/h5-8,11-12,20H,9-10H2,1-4H3,(H,21,22). The third kappa shape index (κ3) is 5.70. The average Bonchev–Trinajstić information content (AvgIpc) is 2.59. The molecule has 2 aromatic carbocycles. The van der Waals surface area contributed by atoms with Crippen molar-refractivity contribution in [3.63, 3.8) is 0 Å². The van der Waals surface area contributed by atoms with Crippen molar-refractivity contribution in [1.82, 2.24) is 4.72 Å². The molecule has 0 unspecified atom stereocenters.